The van der Waals surface area contributed by atoms with E-state index in [4.69, 9.17) is 9.26 Å². The molecule has 2 aromatic rings. The Labute approximate surface area is 116 Å². The highest BCUT2D eigenvalue weighted by Crippen LogP contribution is 2.14. The molecule has 5 heteroatoms. The molecule has 1 fully saturated rings. The number of nitrogens with one attached hydrogen (secondary N) is 1. The number of rotatable bonds is 5. The molecule has 1 N–H and O–H groups in total. The molecule has 1 atom stereocenters. The van der Waals surface area contributed by atoms with E-state index in [1.165, 1.54) is 12.1 Å². The summed E-state index contributed by atoms with van der Waals surface area (Å²) in [7, 11) is 0. The van der Waals surface area contributed by atoms with Gasteiger partial charge in [0.1, 0.15) is 23.5 Å². The average Bonchev–Trinajstić information content (AvgIpc) is 3.10. The molecule has 0 radical (unpaired) electrons. The zero-order valence-electron chi connectivity index (χ0n) is 11.1. The van der Waals surface area contributed by atoms with Crippen molar-refractivity contribution in [1.29, 1.82) is 0 Å². The van der Waals surface area contributed by atoms with Crippen LogP contribution in [-0.4, -0.2) is 17.9 Å². The van der Waals surface area contributed by atoms with E-state index in [0.29, 0.717) is 13.0 Å². The minimum absolute atomic E-state index is 0.132. The van der Waals surface area contributed by atoms with Gasteiger partial charge in [-0.25, -0.2) is 4.39 Å². The molecule has 0 saturated carbocycles. The number of hydrogen-bond acceptors (Lipinski definition) is 4. The number of ether oxygens (including phenoxy) is 1. The van der Waals surface area contributed by atoms with Gasteiger partial charge in [0.2, 0.25) is 0 Å². The van der Waals surface area contributed by atoms with E-state index < -0.39 is 0 Å². The lowest BCUT2D eigenvalue weighted by atomic mass is 10.1. The highest BCUT2D eigenvalue weighted by molar-refractivity contribution is 5.21. The van der Waals surface area contributed by atoms with Crippen molar-refractivity contribution >= 4 is 0 Å². The summed E-state index contributed by atoms with van der Waals surface area (Å²) in [6, 6.07) is 8.27. The second-order valence-corrected chi connectivity index (χ2v) is 4.98. The number of hydrogen-bond donors (Lipinski definition) is 1. The molecule has 1 aromatic heterocycles. The van der Waals surface area contributed by atoms with E-state index in [2.05, 4.69) is 10.5 Å². The van der Waals surface area contributed by atoms with Crippen LogP contribution in [-0.2, 0) is 17.8 Å². The fourth-order valence-corrected chi connectivity index (χ4v) is 2.29. The van der Waals surface area contributed by atoms with Gasteiger partial charge < -0.3 is 9.26 Å². The largest absolute Gasteiger partial charge is 0.361 e. The fourth-order valence-electron chi connectivity index (χ4n) is 2.29. The zero-order valence-corrected chi connectivity index (χ0v) is 11.1. The monoisotopic (exact) mass is 276 g/mol. The van der Waals surface area contributed by atoms with Crippen molar-refractivity contribution in [2.24, 2.45) is 0 Å². The molecule has 0 spiro atoms. The fraction of sp³-hybridized carbons (Fsp3) is 0.400. The Morgan fingerprint density at radius 3 is 2.95 bits per heavy atom. The smallest absolute Gasteiger partial charge is 0.141 e. The van der Waals surface area contributed by atoms with Gasteiger partial charge in [0.05, 0.1) is 6.61 Å². The van der Waals surface area contributed by atoms with Gasteiger partial charge in [-0.2, -0.15) is 0 Å². The molecule has 0 bridgehead atoms. The molecule has 1 unspecified atom stereocenters. The SMILES string of the molecule is Fc1ccc(Cc2cc(COC3CCCN3)no2)cc1. The highest BCUT2D eigenvalue weighted by Gasteiger charge is 2.15. The maximum atomic E-state index is 12.8. The zero-order chi connectivity index (χ0) is 13.8. The maximum absolute atomic E-state index is 12.8. The van der Waals surface area contributed by atoms with E-state index in [0.717, 1.165) is 36.4 Å². The van der Waals surface area contributed by atoms with E-state index in [9.17, 15) is 4.39 Å². The third-order valence-corrected chi connectivity index (χ3v) is 3.35. The summed E-state index contributed by atoms with van der Waals surface area (Å²) in [5.41, 5.74) is 1.78. The Bertz CT molecular complexity index is 547. The Balaban J connectivity index is 1.54. The quantitative estimate of drug-likeness (QED) is 0.912. The molecule has 1 saturated heterocycles. The predicted molar refractivity (Wildman–Crippen MR) is 71.5 cm³/mol. The second-order valence-electron chi connectivity index (χ2n) is 4.98. The number of halogens is 1. The first-order chi connectivity index (χ1) is 9.79. The molecule has 106 valence electrons. The van der Waals surface area contributed by atoms with Gasteiger partial charge >= 0.3 is 0 Å². The van der Waals surface area contributed by atoms with Crippen molar-refractivity contribution in [2.45, 2.75) is 32.1 Å². The first kappa shape index (κ1) is 13.3. The maximum Gasteiger partial charge on any atom is 0.141 e. The molecule has 1 aliphatic rings. The minimum Gasteiger partial charge on any atom is -0.361 e. The highest BCUT2D eigenvalue weighted by atomic mass is 19.1. The van der Waals surface area contributed by atoms with E-state index in [-0.39, 0.29) is 12.0 Å². The number of aromatic nitrogens is 1. The Morgan fingerprint density at radius 1 is 1.35 bits per heavy atom. The molecule has 20 heavy (non-hydrogen) atoms. The number of nitrogens with zero attached hydrogens (tertiary/aromatic N) is 1. The molecular formula is C15H17FN2O2. The lowest BCUT2D eigenvalue weighted by molar-refractivity contribution is 0.0281. The van der Waals surface area contributed by atoms with E-state index >= 15 is 0 Å². The van der Waals surface area contributed by atoms with Crippen molar-refractivity contribution in [3.63, 3.8) is 0 Å². The van der Waals surface area contributed by atoms with Crippen LogP contribution in [0.3, 0.4) is 0 Å². The lowest BCUT2D eigenvalue weighted by Gasteiger charge is -2.09. The van der Waals surface area contributed by atoms with Gasteiger partial charge in [0.25, 0.3) is 0 Å². The summed E-state index contributed by atoms with van der Waals surface area (Å²) in [6.45, 7) is 1.46. The molecule has 0 aliphatic carbocycles. The first-order valence-electron chi connectivity index (χ1n) is 6.83. The summed E-state index contributed by atoms with van der Waals surface area (Å²) in [6.07, 6.45) is 2.93. The van der Waals surface area contributed by atoms with E-state index in [1.807, 2.05) is 6.07 Å². The third-order valence-electron chi connectivity index (χ3n) is 3.35. The Hall–Kier alpha value is -1.72. The van der Waals surface area contributed by atoms with Crippen LogP contribution in [0.2, 0.25) is 0 Å². The van der Waals surface area contributed by atoms with Crippen LogP contribution in [0, 0.1) is 5.82 Å². The van der Waals surface area contributed by atoms with Crippen LogP contribution < -0.4 is 5.32 Å². The first-order valence-corrected chi connectivity index (χ1v) is 6.83. The van der Waals surface area contributed by atoms with Gasteiger partial charge in [-0.1, -0.05) is 17.3 Å². The summed E-state index contributed by atoms with van der Waals surface area (Å²) >= 11 is 0. The minimum atomic E-state index is -0.232. The van der Waals surface area contributed by atoms with Gasteiger partial charge in [-0.15, -0.1) is 0 Å². The molecule has 0 amide bonds. The van der Waals surface area contributed by atoms with Crippen LogP contribution >= 0.6 is 0 Å². The molecule has 1 aliphatic heterocycles. The summed E-state index contributed by atoms with van der Waals surface area (Å²) < 4.78 is 23.8. The van der Waals surface area contributed by atoms with E-state index in [1.54, 1.807) is 12.1 Å². The standard InChI is InChI=1S/C15H17FN2O2/c16-12-5-3-11(4-6-12)8-14-9-13(18-20-14)10-19-15-2-1-7-17-15/h3-6,9,15,17H,1-2,7-8,10H2. The Morgan fingerprint density at radius 2 is 2.20 bits per heavy atom. The topological polar surface area (TPSA) is 47.3 Å². The van der Waals surface area contributed by atoms with Crippen LogP contribution in [0.5, 0.6) is 0 Å². The van der Waals surface area contributed by atoms with Crippen LogP contribution in [0.15, 0.2) is 34.9 Å². The number of benzene rings is 1. The molecular weight excluding hydrogens is 259 g/mol. The van der Waals surface area contributed by atoms with Crippen LogP contribution in [0.4, 0.5) is 4.39 Å². The van der Waals surface area contributed by atoms with Gasteiger partial charge in [-0.05, 0) is 37.1 Å². The normalized spacial score (nSPS) is 18.6. The lowest BCUT2D eigenvalue weighted by Crippen LogP contribution is -2.24. The molecule has 2 heterocycles. The van der Waals surface area contributed by atoms with Crippen molar-refractivity contribution in [3.05, 3.63) is 53.2 Å². The summed E-state index contributed by atoms with van der Waals surface area (Å²) in [4.78, 5) is 0. The van der Waals surface area contributed by atoms with Crippen LogP contribution in [0.25, 0.3) is 0 Å². The van der Waals surface area contributed by atoms with Gasteiger partial charge in [-0.3, -0.25) is 5.32 Å². The molecule has 4 nitrogen and oxygen atoms in total. The second kappa shape index (κ2) is 6.15. The van der Waals surface area contributed by atoms with Crippen LogP contribution in [0.1, 0.15) is 29.9 Å². The summed E-state index contributed by atoms with van der Waals surface area (Å²) in [5.74, 6) is 0.527. The average molecular weight is 276 g/mol. The van der Waals surface area contributed by atoms with Gasteiger partial charge in [0.15, 0.2) is 0 Å². The van der Waals surface area contributed by atoms with Crippen molar-refractivity contribution in [2.75, 3.05) is 6.54 Å². The molecule has 3 rings (SSSR count). The Kier molecular flexibility index (Phi) is 4.08. The summed E-state index contributed by atoms with van der Waals surface area (Å²) in [5, 5.41) is 7.25. The third kappa shape index (κ3) is 3.43. The van der Waals surface area contributed by atoms with Crippen molar-refractivity contribution in [3.8, 4) is 0 Å². The van der Waals surface area contributed by atoms with Crippen molar-refractivity contribution < 1.29 is 13.7 Å². The van der Waals surface area contributed by atoms with Crippen molar-refractivity contribution in [1.82, 2.24) is 10.5 Å². The van der Waals surface area contributed by atoms with Gasteiger partial charge in [0, 0.05) is 12.5 Å². The molecule has 1 aromatic carbocycles. The predicted octanol–water partition coefficient (Wildman–Crippen LogP) is 2.63.